The van der Waals surface area contributed by atoms with Gasteiger partial charge in [0.25, 0.3) is 0 Å². The first-order valence-electron chi connectivity index (χ1n) is 10.9. The highest BCUT2D eigenvalue weighted by Crippen LogP contribution is 2.11. The number of nitrogens with two attached hydrogens (primary N) is 1. The number of hydrogen-bond acceptors (Lipinski definition) is 7. The van der Waals surface area contributed by atoms with Crippen LogP contribution in [0.1, 0.15) is 18.1 Å². The summed E-state index contributed by atoms with van der Waals surface area (Å²) in [5.41, 5.74) is 7.31. The van der Waals surface area contributed by atoms with Gasteiger partial charge >= 0.3 is 5.97 Å². The largest absolute Gasteiger partial charge is 0.508 e. The Morgan fingerprint density at radius 1 is 0.800 bits per heavy atom. The highest BCUT2D eigenvalue weighted by Gasteiger charge is 2.28. The number of hydrogen-bond donors (Lipinski definition) is 7. The Bertz CT molecular complexity index is 1010. The maximum Gasteiger partial charge on any atom is 0.326 e. The number of carbonyl (C=O) groups excluding carboxylic acids is 3. The lowest BCUT2D eigenvalue weighted by atomic mass is 10.1. The van der Waals surface area contributed by atoms with Crippen LogP contribution in [0.4, 0.5) is 0 Å². The Morgan fingerprint density at radius 3 is 1.94 bits per heavy atom. The number of aliphatic hydroxyl groups is 1. The van der Waals surface area contributed by atoms with Crippen molar-refractivity contribution in [1.29, 1.82) is 0 Å². The molecule has 2 rings (SSSR count). The normalized spacial score (nSPS) is 14.1. The van der Waals surface area contributed by atoms with E-state index in [4.69, 9.17) is 5.73 Å². The molecule has 11 heteroatoms. The second-order valence-electron chi connectivity index (χ2n) is 8.04. The molecule has 0 spiro atoms. The standard InChI is InChI=1S/C24H30N4O7/c1-14(26-22(32)18(25)11-15-5-3-2-4-6-15)21(31)28-20(13-29)23(33)27-19(24(34)35)12-16-7-9-17(30)10-8-16/h2-10,14,18-20,29-30H,11-13,25H2,1H3,(H,26,32)(H,27,33)(H,28,31)(H,34,35). The van der Waals surface area contributed by atoms with Gasteiger partial charge in [0.1, 0.15) is 23.9 Å². The monoisotopic (exact) mass is 486 g/mol. The number of aromatic hydroxyl groups is 1. The minimum atomic E-state index is -1.44. The summed E-state index contributed by atoms with van der Waals surface area (Å²) in [5, 5.41) is 35.4. The number of phenolic OH excluding ortho intramolecular Hbond substituents is 1. The second kappa shape index (κ2) is 13.1. The lowest BCUT2D eigenvalue weighted by molar-refractivity contribution is -0.142. The van der Waals surface area contributed by atoms with Crippen LogP contribution in [0.25, 0.3) is 0 Å². The van der Waals surface area contributed by atoms with E-state index in [2.05, 4.69) is 16.0 Å². The van der Waals surface area contributed by atoms with Crippen molar-refractivity contribution in [2.24, 2.45) is 5.73 Å². The van der Waals surface area contributed by atoms with Crippen molar-refractivity contribution in [3.05, 3.63) is 65.7 Å². The molecule has 0 saturated carbocycles. The van der Waals surface area contributed by atoms with E-state index in [0.717, 1.165) is 5.56 Å². The zero-order chi connectivity index (χ0) is 26.0. The average molecular weight is 487 g/mol. The third-order valence-electron chi connectivity index (χ3n) is 5.19. The predicted octanol–water partition coefficient (Wildman–Crippen LogP) is -0.944. The topological polar surface area (TPSA) is 191 Å². The van der Waals surface area contributed by atoms with Crippen molar-refractivity contribution >= 4 is 23.7 Å². The number of rotatable bonds is 12. The van der Waals surface area contributed by atoms with Crippen molar-refractivity contribution in [2.75, 3.05) is 6.61 Å². The molecule has 35 heavy (non-hydrogen) atoms. The minimum Gasteiger partial charge on any atom is -0.508 e. The van der Waals surface area contributed by atoms with E-state index in [0.29, 0.717) is 5.56 Å². The second-order valence-corrected chi connectivity index (χ2v) is 8.04. The number of nitrogens with one attached hydrogen (secondary N) is 3. The smallest absolute Gasteiger partial charge is 0.326 e. The molecule has 0 aliphatic carbocycles. The molecule has 2 aromatic rings. The first kappa shape index (κ1) is 27.3. The van der Waals surface area contributed by atoms with E-state index < -0.39 is 54.5 Å². The number of phenols is 1. The van der Waals surface area contributed by atoms with Gasteiger partial charge in [0, 0.05) is 6.42 Å². The number of carbonyl (C=O) groups is 4. The summed E-state index contributed by atoms with van der Waals surface area (Å²) in [6, 6.07) is 10.1. The third-order valence-corrected chi connectivity index (χ3v) is 5.19. The quantitative estimate of drug-likeness (QED) is 0.200. The molecule has 2 aromatic carbocycles. The van der Waals surface area contributed by atoms with Crippen LogP contribution in [-0.4, -0.2) is 69.8 Å². The molecule has 4 unspecified atom stereocenters. The summed E-state index contributed by atoms with van der Waals surface area (Å²) in [7, 11) is 0. The molecule has 8 N–H and O–H groups in total. The van der Waals surface area contributed by atoms with Crippen LogP contribution >= 0.6 is 0 Å². The number of carboxylic acid groups (broad SMARTS) is 1. The Hall–Kier alpha value is -3.96. The maximum absolute atomic E-state index is 12.5. The molecule has 0 heterocycles. The van der Waals surface area contributed by atoms with E-state index in [1.165, 1.54) is 31.2 Å². The van der Waals surface area contributed by atoms with Crippen LogP contribution in [0.5, 0.6) is 5.75 Å². The molecule has 0 fully saturated rings. The van der Waals surface area contributed by atoms with Crippen LogP contribution in [0, 0.1) is 0 Å². The number of aliphatic carboxylic acids is 1. The van der Waals surface area contributed by atoms with Crippen LogP contribution in [0.15, 0.2) is 54.6 Å². The fraction of sp³-hybridized carbons (Fsp3) is 0.333. The summed E-state index contributed by atoms with van der Waals surface area (Å²) in [6.07, 6.45) is 0.180. The van der Waals surface area contributed by atoms with Gasteiger partial charge in [-0.15, -0.1) is 0 Å². The average Bonchev–Trinajstić information content (AvgIpc) is 2.83. The fourth-order valence-electron chi connectivity index (χ4n) is 3.18. The van der Waals surface area contributed by atoms with E-state index in [1.54, 1.807) is 0 Å². The molecule has 0 radical (unpaired) electrons. The number of carboxylic acids is 1. The van der Waals surface area contributed by atoms with Crippen molar-refractivity contribution in [3.63, 3.8) is 0 Å². The van der Waals surface area contributed by atoms with Gasteiger partial charge in [-0.05, 0) is 36.6 Å². The maximum atomic E-state index is 12.5. The van der Waals surface area contributed by atoms with Gasteiger partial charge in [-0.1, -0.05) is 42.5 Å². The zero-order valence-corrected chi connectivity index (χ0v) is 19.2. The zero-order valence-electron chi connectivity index (χ0n) is 19.2. The summed E-state index contributed by atoms with van der Waals surface area (Å²) in [5.74, 6) is -3.55. The molecular formula is C24H30N4O7. The highest BCUT2D eigenvalue weighted by atomic mass is 16.4. The van der Waals surface area contributed by atoms with Gasteiger partial charge in [0.05, 0.1) is 12.6 Å². The Kier molecular flexibility index (Phi) is 10.2. The summed E-state index contributed by atoms with van der Waals surface area (Å²) in [6.45, 7) is 0.594. The van der Waals surface area contributed by atoms with Crippen LogP contribution in [0.2, 0.25) is 0 Å². The number of aliphatic hydroxyl groups excluding tert-OH is 1. The van der Waals surface area contributed by atoms with Crippen molar-refractivity contribution in [2.45, 2.75) is 43.9 Å². The highest BCUT2D eigenvalue weighted by molar-refractivity contribution is 5.94. The third kappa shape index (κ3) is 8.72. The van der Waals surface area contributed by atoms with Crippen LogP contribution < -0.4 is 21.7 Å². The van der Waals surface area contributed by atoms with Crippen molar-refractivity contribution < 1.29 is 34.5 Å². The van der Waals surface area contributed by atoms with Gasteiger partial charge in [0.2, 0.25) is 17.7 Å². The predicted molar refractivity (Wildman–Crippen MR) is 126 cm³/mol. The summed E-state index contributed by atoms with van der Waals surface area (Å²) >= 11 is 0. The number of amides is 3. The van der Waals surface area contributed by atoms with Gasteiger partial charge in [-0.2, -0.15) is 0 Å². The Balaban J connectivity index is 1.91. The molecule has 0 bridgehead atoms. The Labute approximate surface area is 202 Å². The van der Waals surface area contributed by atoms with Crippen LogP contribution in [0.3, 0.4) is 0 Å². The van der Waals surface area contributed by atoms with E-state index in [-0.39, 0.29) is 18.6 Å². The fourth-order valence-corrected chi connectivity index (χ4v) is 3.18. The van der Waals surface area contributed by atoms with Gasteiger partial charge in [-0.3, -0.25) is 14.4 Å². The van der Waals surface area contributed by atoms with Crippen LogP contribution in [-0.2, 0) is 32.0 Å². The Morgan fingerprint density at radius 2 is 1.37 bits per heavy atom. The lowest BCUT2D eigenvalue weighted by Gasteiger charge is -2.22. The molecular weight excluding hydrogens is 456 g/mol. The van der Waals surface area contributed by atoms with E-state index >= 15 is 0 Å². The summed E-state index contributed by atoms with van der Waals surface area (Å²) < 4.78 is 0. The minimum absolute atomic E-state index is 0.00921. The molecule has 0 aliphatic rings. The lowest BCUT2D eigenvalue weighted by Crippen LogP contribution is -2.57. The summed E-state index contributed by atoms with van der Waals surface area (Å²) in [4.78, 5) is 48.9. The molecule has 4 atom stereocenters. The first-order valence-corrected chi connectivity index (χ1v) is 10.9. The number of benzene rings is 2. The first-order chi connectivity index (χ1) is 16.6. The van der Waals surface area contributed by atoms with Gasteiger partial charge in [-0.25, -0.2) is 4.79 Å². The molecule has 0 aliphatic heterocycles. The molecule has 0 saturated heterocycles. The molecule has 188 valence electrons. The molecule has 3 amide bonds. The van der Waals surface area contributed by atoms with Crippen molar-refractivity contribution in [1.82, 2.24) is 16.0 Å². The van der Waals surface area contributed by atoms with Crippen molar-refractivity contribution in [3.8, 4) is 5.75 Å². The SMILES string of the molecule is CC(NC(=O)C(N)Cc1ccccc1)C(=O)NC(CO)C(=O)NC(Cc1ccc(O)cc1)C(=O)O. The molecule has 0 aromatic heterocycles. The molecule has 11 nitrogen and oxygen atoms in total. The van der Waals surface area contributed by atoms with E-state index in [1.807, 2.05) is 30.3 Å². The van der Waals surface area contributed by atoms with E-state index in [9.17, 15) is 34.5 Å². The van der Waals surface area contributed by atoms with Gasteiger partial charge in [0.15, 0.2) is 0 Å². The van der Waals surface area contributed by atoms with Gasteiger partial charge < -0.3 is 37.0 Å².